The molecule has 1 amide bonds. The lowest BCUT2D eigenvalue weighted by Crippen LogP contribution is -2.33. The number of rotatable bonds is 8. The zero-order valence-electron chi connectivity index (χ0n) is 19.6. The number of thiophene rings is 1. The smallest absolute Gasteiger partial charge is 0.234 e. The Kier molecular flexibility index (Phi) is 8.33. The fourth-order valence-electron chi connectivity index (χ4n) is 3.24. The molecule has 0 atom stereocenters. The molecular formula is C26H23ClFN5O2S. The van der Waals surface area contributed by atoms with Crippen molar-refractivity contribution in [2.45, 2.75) is 6.61 Å². The van der Waals surface area contributed by atoms with Crippen LogP contribution in [-0.2, 0) is 11.4 Å². The summed E-state index contributed by atoms with van der Waals surface area (Å²) >= 11 is 7.87. The third-order valence-electron chi connectivity index (χ3n) is 4.83. The SMILES string of the molecule is CN(C)CC(=O)NCC#Cc1cc2ncnc(Nc3ccc(OCc4cccc(F)c4)c(Cl)c3)c2s1. The van der Waals surface area contributed by atoms with Crippen LogP contribution in [-0.4, -0.2) is 48.0 Å². The van der Waals surface area contributed by atoms with Crippen LogP contribution < -0.4 is 15.4 Å². The van der Waals surface area contributed by atoms with E-state index in [1.165, 1.54) is 29.8 Å². The average molecular weight is 524 g/mol. The van der Waals surface area contributed by atoms with Crippen LogP contribution in [0.1, 0.15) is 10.4 Å². The summed E-state index contributed by atoms with van der Waals surface area (Å²) in [6.45, 7) is 0.790. The monoisotopic (exact) mass is 523 g/mol. The van der Waals surface area contributed by atoms with Crippen LogP contribution in [0, 0.1) is 17.7 Å². The summed E-state index contributed by atoms with van der Waals surface area (Å²) in [6.07, 6.45) is 1.48. The molecule has 0 aliphatic heterocycles. The number of benzene rings is 2. The minimum atomic E-state index is -0.313. The van der Waals surface area contributed by atoms with Crippen LogP contribution in [0.5, 0.6) is 5.75 Å². The van der Waals surface area contributed by atoms with Crippen LogP contribution in [0.4, 0.5) is 15.9 Å². The summed E-state index contributed by atoms with van der Waals surface area (Å²) in [7, 11) is 3.67. The first-order valence-corrected chi connectivity index (χ1v) is 12.2. The molecule has 10 heteroatoms. The Labute approximate surface area is 217 Å². The van der Waals surface area contributed by atoms with Gasteiger partial charge >= 0.3 is 0 Å². The number of likely N-dealkylation sites (N-methyl/N-ethyl adjacent to an activating group) is 1. The van der Waals surface area contributed by atoms with Crippen molar-refractivity contribution >= 4 is 50.6 Å². The second-order valence-corrected chi connectivity index (χ2v) is 9.51. The van der Waals surface area contributed by atoms with Crippen molar-refractivity contribution in [3.63, 3.8) is 0 Å². The number of halogens is 2. The molecule has 0 saturated heterocycles. The van der Waals surface area contributed by atoms with Gasteiger partial charge in [0.25, 0.3) is 0 Å². The van der Waals surface area contributed by atoms with Gasteiger partial charge in [0.05, 0.1) is 33.2 Å². The number of hydrogen-bond acceptors (Lipinski definition) is 7. The molecule has 2 aromatic carbocycles. The van der Waals surface area contributed by atoms with E-state index in [1.807, 2.05) is 26.2 Å². The second kappa shape index (κ2) is 11.8. The summed E-state index contributed by atoms with van der Waals surface area (Å²) < 4.78 is 20.0. The van der Waals surface area contributed by atoms with E-state index < -0.39 is 0 Å². The van der Waals surface area contributed by atoms with Gasteiger partial charge in [-0.1, -0.05) is 35.6 Å². The van der Waals surface area contributed by atoms with Gasteiger partial charge in [-0.25, -0.2) is 14.4 Å². The van der Waals surface area contributed by atoms with Crippen molar-refractivity contribution in [2.75, 3.05) is 32.5 Å². The van der Waals surface area contributed by atoms with E-state index in [9.17, 15) is 9.18 Å². The van der Waals surface area contributed by atoms with Crippen molar-refractivity contribution in [1.82, 2.24) is 20.2 Å². The Morgan fingerprint density at radius 3 is 2.83 bits per heavy atom. The molecule has 0 bridgehead atoms. The number of nitrogens with one attached hydrogen (secondary N) is 2. The van der Waals surface area contributed by atoms with Gasteiger partial charge in [0.1, 0.15) is 24.5 Å². The molecule has 0 saturated carbocycles. The fourth-order valence-corrected chi connectivity index (χ4v) is 4.41. The van der Waals surface area contributed by atoms with Gasteiger partial charge < -0.3 is 20.3 Å². The Balaban J connectivity index is 1.42. The first kappa shape index (κ1) is 25.4. The molecule has 2 heterocycles. The number of hydrogen-bond donors (Lipinski definition) is 2. The summed E-state index contributed by atoms with van der Waals surface area (Å²) in [5, 5.41) is 6.45. The molecule has 2 aromatic heterocycles. The van der Waals surface area contributed by atoms with Crippen molar-refractivity contribution in [3.8, 4) is 17.6 Å². The average Bonchev–Trinajstić information content (AvgIpc) is 3.25. The van der Waals surface area contributed by atoms with E-state index in [0.717, 1.165) is 20.8 Å². The molecule has 2 N–H and O–H groups in total. The van der Waals surface area contributed by atoms with E-state index >= 15 is 0 Å². The van der Waals surface area contributed by atoms with Crippen molar-refractivity contribution < 1.29 is 13.9 Å². The third kappa shape index (κ3) is 6.92. The molecule has 0 unspecified atom stereocenters. The largest absolute Gasteiger partial charge is 0.487 e. The molecule has 0 fully saturated rings. The zero-order chi connectivity index (χ0) is 25.5. The van der Waals surface area contributed by atoms with Crippen molar-refractivity contribution in [2.24, 2.45) is 0 Å². The number of fused-ring (bicyclic) bond motifs is 1. The van der Waals surface area contributed by atoms with Crippen molar-refractivity contribution in [3.05, 3.63) is 76.1 Å². The molecule has 0 aliphatic carbocycles. The van der Waals surface area contributed by atoms with Gasteiger partial charge in [0, 0.05) is 5.69 Å². The summed E-state index contributed by atoms with van der Waals surface area (Å²) in [4.78, 5) is 23.0. The highest BCUT2D eigenvalue weighted by atomic mass is 35.5. The second-order valence-electron chi connectivity index (χ2n) is 8.05. The highest BCUT2D eigenvalue weighted by Gasteiger charge is 2.10. The first-order chi connectivity index (χ1) is 17.4. The zero-order valence-corrected chi connectivity index (χ0v) is 21.2. The molecule has 0 spiro atoms. The molecule has 184 valence electrons. The fraction of sp³-hybridized carbons (Fsp3) is 0.192. The van der Waals surface area contributed by atoms with E-state index in [2.05, 4.69) is 32.4 Å². The summed E-state index contributed by atoms with van der Waals surface area (Å²) in [5.41, 5.74) is 2.20. The summed E-state index contributed by atoms with van der Waals surface area (Å²) in [5.74, 6) is 6.76. The van der Waals surface area contributed by atoms with Gasteiger partial charge in [0.15, 0.2) is 5.82 Å². The minimum absolute atomic E-state index is 0.0768. The van der Waals surface area contributed by atoms with Crippen molar-refractivity contribution in [1.29, 1.82) is 0 Å². The van der Waals surface area contributed by atoms with Gasteiger partial charge in [0.2, 0.25) is 5.91 Å². The number of carbonyl (C=O) groups excluding carboxylic acids is 1. The number of aromatic nitrogens is 2. The van der Waals surface area contributed by atoms with Crippen LogP contribution in [0.25, 0.3) is 10.2 Å². The van der Waals surface area contributed by atoms with Crippen LogP contribution >= 0.6 is 22.9 Å². The Morgan fingerprint density at radius 1 is 1.19 bits per heavy atom. The maximum atomic E-state index is 13.4. The molecule has 4 rings (SSSR count). The van der Waals surface area contributed by atoms with E-state index in [-0.39, 0.29) is 24.9 Å². The van der Waals surface area contributed by atoms with Crippen LogP contribution in [0.3, 0.4) is 0 Å². The number of amides is 1. The lowest BCUT2D eigenvalue weighted by Gasteiger charge is -2.11. The number of ether oxygens (including phenoxy) is 1. The van der Waals surface area contributed by atoms with Gasteiger partial charge in [-0.2, -0.15) is 0 Å². The topological polar surface area (TPSA) is 79.4 Å². The first-order valence-electron chi connectivity index (χ1n) is 11.0. The molecule has 0 aliphatic rings. The molecule has 0 radical (unpaired) electrons. The highest BCUT2D eigenvalue weighted by Crippen LogP contribution is 2.33. The predicted octanol–water partition coefficient (Wildman–Crippen LogP) is 4.84. The standard InChI is InChI=1S/C26H23ClFN5O2S/c1-33(2)14-24(34)29-10-4-7-20-13-22-25(36-20)26(31-16-30-22)32-19-8-9-23(21(27)12-19)35-15-17-5-3-6-18(28)11-17/h3,5-6,8-9,11-13,16H,10,14-15H2,1-2H3,(H,29,34)(H,30,31,32). The lowest BCUT2D eigenvalue weighted by atomic mass is 10.2. The minimum Gasteiger partial charge on any atom is -0.487 e. The van der Waals surface area contributed by atoms with E-state index in [4.69, 9.17) is 16.3 Å². The Hall–Kier alpha value is -3.71. The summed E-state index contributed by atoms with van der Waals surface area (Å²) in [6, 6.07) is 13.4. The molecular weight excluding hydrogens is 501 g/mol. The number of nitrogens with zero attached hydrogens (tertiary/aromatic N) is 3. The highest BCUT2D eigenvalue weighted by molar-refractivity contribution is 7.20. The van der Waals surface area contributed by atoms with Gasteiger partial charge in [-0.3, -0.25) is 4.79 Å². The van der Waals surface area contributed by atoms with Gasteiger partial charge in [-0.05, 0) is 56.1 Å². The Morgan fingerprint density at radius 2 is 2.06 bits per heavy atom. The normalized spacial score (nSPS) is 10.7. The van der Waals surface area contributed by atoms with Crippen LogP contribution in [0.2, 0.25) is 5.02 Å². The maximum Gasteiger partial charge on any atom is 0.234 e. The van der Waals surface area contributed by atoms with E-state index in [0.29, 0.717) is 28.7 Å². The van der Waals surface area contributed by atoms with E-state index in [1.54, 1.807) is 29.2 Å². The quantitative estimate of drug-likeness (QED) is 0.322. The number of anilines is 2. The Bertz CT molecular complexity index is 1450. The maximum absolute atomic E-state index is 13.4. The van der Waals surface area contributed by atoms with Crippen LogP contribution in [0.15, 0.2) is 54.9 Å². The van der Waals surface area contributed by atoms with Gasteiger partial charge in [-0.15, -0.1) is 11.3 Å². The number of carbonyl (C=O) groups is 1. The third-order valence-corrected chi connectivity index (χ3v) is 6.18. The molecule has 36 heavy (non-hydrogen) atoms. The molecule has 7 nitrogen and oxygen atoms in total. The predicted molar refractivity (Wildman–Crippen MR) is 141 cm³/mol. The lowest BCUT2D eigenvalue weighted by molar-refractivity contribution is -0.121. The molecule has 4 aromatic rings.